The van der Waals surface area contributed by atoms with Gasteiger partial charge in [-0.3, -0.25) is 0 Å². The highest BCUT2D eigenvalue weighted by molar-refractivity contribution is 5.22. The lowest BCUT2D eigenvalue weighted by Gasteiger charge is -2.31. The van der Waals surface area contributed by atoms with E-state index in [2.05, 4.69) is 100 Å². The Hall–Kier alpha value is -2.08. The molecule has 0 radical (unpaired) electrons. The Morgan fingerprint density at radius 1 is 0.786 bits per heavy atom. The van der Waals surface area contributed by atoms with Gasteiger partial charge in [0.15, 0.2) is 0 Å². The van der Waals surface area contributed by atoms with Crippen LogP contribution in [-0.4, -0.2) is 0 Å². The van der Waals surface area contributed by atoms with Crippen molar-refractivity contribution in [2.75, 3.05) is 0 Å². The maximum Gasteiger partial charge on any atom is -0.0110 e. The van der Waals surface area contributed by atoms with Crippen LogP contribution in [0.25, 0.3) is 0 Å². The van der Waals surface area contributed by atoms with Crippen LogP contribution in [0.2, 0.25) is 0 Å². The third-order valence-corrected chi connectivity index (χ3v) is 5.69. The van der Waals surface area contributed by atoms with Gasteiger partial charge in [0.2, 0.25) is 0 Å². The van der Waals surface area contributed by atoms with Crippen LogP contribution in [0.1, 0.15) is 82.3 Å². The third kappa shape index (κ3) is 7.50. The summed E-state index contributed by atoms with van der Waals surface area (Å²) in [6, 6.07) is 22.0. The summed E-state index contributed by atoms with van der Waals surface area (Å²) < 4.78 is 0. The van der Waals surface area contributed by atoms with Crippen molar-refractivity contribution in [1.29, 1.82) is 0 Å². The first-order chi connectivity index (χ1) is 13.5. The predicted octanol–water partition coefficient (Wildman–Crippen LogP) is 8.68. The molecule has 2 atom stereocenters. The topological polar surface area (TPSA) is 0 Å². The zero-order valence-corrected chi connectivity index (χ0v) is 18.1. The quantitative estimate of drug-likeness (QED) is 0.272. The van der Waals surface area contributed by atoms with Crippen LogP contribution in [0.4, 0.5) is 0 Å². The van der Waals surface area contributed by atoms with Gasteiger partial charge in [0.25, 0.3) is 0 Å². The molecule has 0 saturated carbocycles. The Kier molecular flexibility index (Phi) is 9.28. The van der Waals surface area contributed by atoms with Gasteiger partial charge in [-0.1, -0.05) is 99.7 Å². The number of hydrogen-bond acceptors (Lipinski definition) is 0. The molecule has 2 aromatic carbocycles. The highest BCUT2D eigenvalue weighted by atomic mass is 14.3. The predicted molar refractivity (Wildman–Crippen MR) is 125 cm³/mol. The molecule has 2 aromatic rings. The van der Waals surface area contributed by atoms with Crippen molar-refractivity contribution in [3.05, 3.63) is 96.6 Å². The van der Waals surface area contributed by atoms with Crippen molar-refractivity contribution < 1.29 is 0 Å². The van der Waals surface area contributed by atoms with Gasteiger partial charge in [-0.25, -0.2) is 0 Å². The Morgan fingerprint density at radius 2 is 1.39 bits per heavy atom. The summed E-state index contributed by atoms with van der Waals surface area (Å²) in [5.74, 6) is 1.21. The van der Waals surface area contributed by atoms with Gasteiger partial charge in [-0.2, -0.15) is 0 Å². The van der Waals surface area contributed by atoms with Gasteiger partial charge in [0, 0.05) is 0 Å². The molecule has 0 amide bonds. The molecule has 28 heavy (non-hydrogen) atoms. The summed E-state index contributed by atoms with van der Waals surface area (Å²) in [6.45, 7) is 10.9. The summed E-state index contributed by atoms with van der Waals surface area (Å²) in [6.07, 6.45) is 13.9. The van der Waals surface area contributed by atoms with Crippen LogP contribution in [0.3, 0.4) is 0 Å². The summed E-state index contributed by atoms with van der Waals surface area (Å²) >= 11 is 0. The second-order valence-electron chi connectivity index (χ2n) is 8.94. The third-order valence-electron chi connectivity index (χ3n) is 5.69. The first-order valence-corrected chi connectivity index (χ1v) is 10.9. The minimum Gasteiger partial charge on any atom is -0.103 e. The van der Waals surface area contributed by atoms with E-state index in [1.807, 2.05) is 6.08 Å². The van der Waals surface area contributed by atoms with E-state index in [0.717, 1.165) is 19.3 Å². The molecule has 0 nitrogen and oxygen atoms in total. The second-order valence-corrected chi connectivity index (χ2v) is 8.94. The molecule has 0 N–H and O–H groups in total. The van der Waals surface area contributed by atoms with Crippen molar-refractivity contribution in [2.45, 2.75) is 71.1 Å². The lowest BCUT2D eigenvalue weighted by molar-refractivity contribution is 0.306. The highest BCUT2D eigenvalue weighted by Gasteiger charge is 2.25. The Morgan fingerprint density at radius 3 is 1.96 bits per heavy atom. The number of rotatable bonds is 11. The zero-order valence-electron chi connectivity index (χ0n) is 18.1. The van der Waals surface area contributed by atoms with E-state index in [1.54, 1.807) is 0 Å². The largest absolute Gasteiger partial charge is 0.103 e. The lowest BCUT2D eigenvalue weighted by Crippen LogP contribution is -2.18. The minimum atomic E-state index is 0.284. The molecular weight excluding hydrogens is 336 g/mol. The van der Waals surface area contributed by atoms with Crippen LogP contribution in [-0.2, 0) is 0 Å². The minimum absolute atomic E-state index is 0.284. The highest BCUT2D eigenvalue weighted by Crippen LogP contribution is 2.38. The number of unbranched alkanes of at least 4 members (excludes halogenated alkanes) is 1. The normalized spacial score (nSPS) is 14.1. The molecule has 0 heteroatoms. The number of allylic oxidation sites excluding steroid dienone is 3. The Bertz CT molecular complexity index is 688. The van der Waals surface area contributed by atoms with Gasteiger partial charge < -0.3 is 0 Å². The van der Waals surface area contributed by atoms with Gasteiger partial charge in [-0.15, -0.1) is 6.58 Å². The van der Waals surface area contributed by atoms with Crippen LogP contribution < -0.4 is 0 Å². The van der Waals surface area contributed by atoms with Gasteiger partial charge in [-0.05, 0) is 66.9 Å². The zero-order chi connectivity index (χ0) is 20.2. The van der Waals surface area contributed by atoms with Crippen molar-refractivity contribution in [2.24, 2.45) is 5.41 Å². The fourth-order valence-corrected chi connectivity index (χ4v) is 4.08. The first kappa shape index (κ1) is 22.2. The van der Waals surface area contributed by atoms with Gasteiger partial charge >= 0.3 is 0 Å². The standard InChI is InChI=1S/C28H38/c1-5-6-10-17-24(25-18-11-7-12-19-25)20-13-9-16-23-27(28(2,3)4)26-21-14-8-15-22-26/h5,7-9,11-15,18-19,21-22,24,27H,1,6,10,16-17,20,23H2,2-4H3/b13-9+. The maximum absolute atomic E-state index is 3.86. The fraction of sp³-hybridized carbons (Fsp3) is 0.429. The average Bonchev–Trinajstić information content (AvgIpc) is 2.69. The Balaban J connectivity index is 1.92. The van der Waals surface area contributed by atoms with E-state index in [9.17, 15) is 0 Å². The monoisotopic (exact) mass is 374 g/mol. The van der Waals surface area contributed by atoms with Crippen LogP contribution >= 0.6 is 0 Å². The molecule has 0 aliphatic heterocycles. The van der Waals surface area contributed by atoms with Crippen molar-refractivity contribution in [1.82, 2.24) is 0 Å². The molecule has 0 heterocycles. The van der Waals surface area contributed by atoms with Gasteiger partial charge in [0.05, 0.1) is 0 Å². The van der Waals surface area contributed by atoms with Crippen molar-refractivity contribution >= 4 is 0 Å². The summed E-state index contributed by atoms with van der Waals surface area (Å²) in [4.78, 5) is 0. The van der Waals surface area contributed by atoms with Crippen LogP contribution in [0.5, 0.6) is 0 Å². The van der Waals surface area contributed by atoms with E-state index in [1.165, 1.54) is 30.4 Å². The summed E-state index contributed by atoms with van der Waals surface area (Å²) in [5.41, 5.74) is 3.22. The smallest absolute Gasteiger partial charge is 0.0110 e. The molecule has 150 valence electrons. The number of hydrogen-bond donors (Lipinski definition) is 0. The number of benzene rings is 2. The average molecular weight is 375 g/mol. The van der Waals surface area contributed by atoms with Crippen LogP contribution in [0.15, 0.2) is 85.5 Å². The van der Waals surface area contributed by atoms with E-state index in [0.29, 0.717) is 11.8 Å². The molecule has 0 spiro atoms. The molecule has 0 aliphatic carbocycles. The van der Waals surface area contributed by atoms with E-state index >= 15 is 0 Å². The maximum atomic E-state index is 3.86. The molecular formula is C28H38. The molecule has 2 unspecified atom stereocenters. The van der Waals surface area contributed by atoms with E-state index < -0.39 is 0 Å². The lowest BCUT2D eigenvalue weighted by atomic mass is 9.74. The summed E-state index contributed by atoms with van der Waals surface area (Å²) in [7, 11) is 0. The summed E-state index contributed by atoms with van der Waals surface area (Å²) in [5, 5.41) is 0. The fourth-order valence-electron chi connectivity index (χ4n) is 4.08. The van der Waals surface area contributed by atoms with Crippen molar-refractivity contribution in [3.63, 3.8) is 0 Å². The van der Waals surface area contributed by atoms with E-state index in [4.69, 9.17) is 0 Å². The SMILES string of the molecule is C=CCCCC(C/C=C/CCC(c1ccccc1)C(C)(C)C)c1ccccc1. The van der Waals surface area contributed by atoms with E-state index in [-0.39, 0.29) is 5.41 Å². The molecule has 0 saturated heterocycles. The molecule has 2 rings (SSSR count). The molecule has 0 fully saturated rings. The molecule has 0 bridgehead atoms. The Labute approximate surface area is 173 Å². The second kappa shape index (κ2) is 11.7. The molecule has 0 aromatic heterocycles. The molecule has 0 aliphatic rings. The first-order valence-electron chi connectivity index (χ1n) is 10.9. The van der Waals surface area contributed by atoms with Gasteiger partial charge in [0.1, 0.15) is 0 Å². The van der Waals surface area contributed by atoms with Crippen LogP contribution in [0, 0.1) is 5.41 Å². The van der Waals surface area contributed by atoms with Crippen molar-refractivity contribution in [3.8, 4) is 0 Å².